The highest BCUT2D eigenvalue weighted by molar-refractivity contribution is 6.09. The molecule has 22 heavy (non-hydrogen) atoms. The fourth-order valence-corrected chi connectivity index (χ4v) is 1.97. The maximum absolute atomic E-state index is 12.2. The second-order valence-corrected chi connectivity index (χ2v) is 4.77. The maximum atomic E-state index is 12.2. The number of benzene rings is 2. The number of anilines is 1. The van der Waals surface area contributed by atoms with Crippen molar-refractivity contribution in [3.05, 3.63) is 65.2 Å². The highest BCUT2D eigenvalue weighted by Gasteiger charge is 2.09. The highest BCUT2D eigenvalue weighted by Crippen LogP contribution is 2.16. The van der Waals surface area contributed by atoms with Gasteiger partial charge in [-0.25, -0.2) is 0 Å². The summed E-state index contributed by atoms with van der Waals surface area (Å²) in [6, 6.07) is 16.5. The molecule has 0 bridgehead atoms. The molecule has 0 fully saturated rings. The quantitative estimate of drug-likeness (QED) is 0.692. The first-order chi connectivity index (χ1) is 10.6. The van der Waals surface area contributed by atoms with E-state index in [2.05, 4.69) is 5.32 Å². The number of nitrogens with one attached hydrogen (secondary N) is 1. The molecular weight excluding hydrogens is 276 g/mol. The molecule has 0 spiro atoms. The van der Waals surface area contributed by atoms with Crippen molar-refractivity contribution in [1.82, 2.24) is 0 Å². The van der Waals surface area contributed by atoms with Gasteiger partial charge in [0.25, 0.3) is 5.91 Å². The Hall–Kier alpha value is -3.06. The monoisotopic (exact) mass is 292 g/mol. The third-order valence-corrected chi connectivity index (χ3v) is 3.05. The van der Waals surface area contributed by atoms with Gasteiger partial charge in [0.05, 0.1) is 7.11 Å². The van der Waals surface area contributed by atoms with Gasteiger partial charge in [0.2, 0.25) is 0 Å². The first kappa shape index (κ1) is 15.3. The van der Waals surface area contributed by atoms with Gasteiger partial charge >= 0.3 is 0 Å². The summed E-state index contributed by atoms with van der Waals surface area (Å²) in [7, 11) is 1.57. The van der Waals surface area contributed by atoms with Crippen LogP contribution in [0.25, 0.3) is 6.08 Å². The van der Waals surface area contributed by atoms with Gasteiger partial charge in [0, 0.05) is 5.69 Å². The summed E-state index contributed by atoms with van der Waals surface area (Å²) in [5, 5.41) is 11.9. The van der Waals surface area contributed by atoms with Gasteiger partial charge < -0.3 is 10.1 Å². The molecule has 110 valence electrons. The van der Waals surface area contributed by atoms with Crippen LogP contribution in [-0.2, 0) is 4.79 Å². The molecule has 0 aromatic heterocycles. The Kier molecular flexibility index (Phi) is 4.94. The largest absolute Gasteiger partial charge is 0.497 e. The van der Waals surface area contributed by atoms with Gasteiger partial charge in [0.1, 0.15) is 17.4 Å². The molecule has 0 unspecified atom stereocenters. The lowest BCUT2D eigenvalue weighted by Gasteiger charge is -2.05. The average Bonchev–Trinajstić information content (AvgIpc) is 2.52. The van der Waals surface area contributed by atoms with Crippen LogP contribution >= 0.6 is 0 Å². The molecule has 0 aliphatic carbocycles. The van der Waals surface area contributed by atoms with Crippen LogP contribution in [0.1, 0.15) is 11.1 Å². The number of nitriles is 1. The molecule has 0 aliphatic rings. The Morgan fingerprint density at radius 3 is 2.68 bits per heavy atom. The summed E-state index contributed by atoms with van der Waals surface area (Å²) in [6.45, 7) is 1.94. The Labute approximate surface area is 129 Å². The Morgan fingerprint density at radius 2 is 2.00 bits per heavy atom. The number of ether oxygens (including phenoxy) is 1. The van der Waals surface area contributed by atoms with E-state index in [1.54, 1.807) is 37.4 Å². The number of hydrogen-bond donors (Lipinski definition) is 1. The van der Waals surface area contributed by atoms with Crippen molar-refractivity contribution < 1.29 is 9.53 Å². The zero-order valence-corrected chi connectivity index (χ0v) is 12.5. The number of methoxy groups -OCH3 is 1. The van der Waals surface area contributed by atoms with E-state index in [4.69, 9.17) is 4.74 Å². The molecule has 0 aliphatic heterocycles. The zero-order chi connectivity index (χ0) is 15.9. The van der Waals surface area contributed by atoms with Crippen LogP contribution in [0.15, 0.2) is 54.1 Å². The minimum absolute atomic E-state index is 0.0368. The summed E-state index contributed by atoms with van der Waals surface area (Å²) < 4.78 is 5.13. The first-order valence-electron chi connectivity index (χ1n) is 6.76. The average molecular weight is 292 g/mol. The zero-order valence-electron chi connectivity index (χ0n) is 12.5. The molecular formula is C18H16N2O2. The molecule has 1 N–H and O–H groups in total. The molecule has 4 nitrogen and oxygen atoms in total. The molecule has 0 heterocycles. The fraction of sp³-hybridized carbons (Fsp3) is 0.111. The van der Waals surface area contributed by atoms with Crippen molar-refractivity contribution in [1.29, 1.82) is 5.26 Å². The van der Waals surface area contributed by atoms with Gasteiger partial charge in [-0.2, -0.15) is 5.26 Å². The number of carbonyl (C=O) groups is 1. The minimum atomic E-state index is -0.434. The molecule has 0 saturated carbocycles. The van der Waals surface area contributed by atoms with E-state index >= 15 is 0 Å². The minimum Gasteiger partial charge on any atom is -0.497 e. The van der Waals surface area contributed by atoms with E-state index in [0.717, 1.165) is 11.1 Å². The van der Waals surface area contributed by atoms with Crippen LogP contribution in [0.2, 0.25) is 0 Å². The second-order valence-electron chi connectivity index (χ2n) is 4.77. The summed E-state index contributed by atoms with van der Waals surface area (Å²) in [5.41, 5.74) is 2.47. The first-order valence-corrected chi connectivity index (χ1v) is 6.76. The predicted octanol–water partition coefficient (Wildman–Crippen LogP) is 3.55. The predicted molar refractivity (Wildman–Crippen MR) is 86.4 cm³/mol. The van der Waals surface area contributed by atoms with Crippen molar-refractivity contribution in [2.75, 3.05) is 12.4 Å². The van der Waals surface area contributed by atoms with Crippen molar-refractivity contribution in [2.24, 2.45) is 0 Å². The van der Waals surface area contributed by atoms with Gasteiger partial charge in [0.15, 0.2) is 0 Å². The SMILES string of the molecule is COc1cccc(C=C(C#N)C(=O)Nc2cccc(C)c2)c1. The normalized spacial score (nSPS) is 10.7. The summed E-state index contributed by atoms with van der Waals surface area (Å²) in [5.74, 6) is 0.237. The number of rotatable bonds is 4. The van der Waals surface area contributed by atoms with Crippen molar-refractivity contribution >= 4 is 17.7 Å². The number of nitrogens with zero attached hydrogens (tertiary/aromatic N) is 1. The fourth-order valence-electron chi connectivity index (χ4n) is 1.97. The van der Waals surface area contributed by atoms with Crippen molar-refractivity contribution in [3.8, 4) is 11.8 Å². The Bertz CT molecular complexity index is 758. The van der Waals surface area contributed by atoms with E-state index in [9.17, 15) is 10.1 Å². The lowest BCUT2D eigenvalue weighted by Crippen LogP contribution is -2.13. The lowest BCUT2D eigenvalue weighted by atomic mass is 10.1. The van der Waals surface area contributed by atoms with Gasteiger partial charge in [-0.3, -0.25) is 4.79 Å². The van der Waals surface area contributed by atoms with Crippen LogP contribution in [-0.4, -0.2) is 13.0 Å². The number of aryl methyl sites for hydroxylation is 1. The topological polar surface area (TPSA) is 62.1 Å². The highest BCUT2D eigenvalue weighted by atomic mass is 16.5. The van der Waals surface area contributed by atoms with Crippen LogP contribution < -0.4 is 10.1 Å². The van der Waals surface area contributed by atoms with Crippen LogP contribution in [0.5, 0.6) is 5.75 Å². The van der Waals surface area contributed by atoms with Crippen LogP contribution in [0.3, 0.4) is 0 Å². The molecule has 2 aromatic rings. The summed E-state index contributed by atoms with van der Waals surface area (Å²) >= 11 is 0. The third-order valence-electron chi connectivity index (χ3n) is 3.05. The van der Waals surface area contributed by atoms with Crippen molar-refractivity contribution in [3.63, 3.8) is 0 Å². The molecule has 2 rings (SSSR count). The number of carbonyl (C=O) groups excluding carboxylic acids is 1. The Morgan fingerprint density at radius 1 is 1.23 bits per heavy atom. The van der Waals surface area contributed by atoms with E-state index < -0.39 is 5.91 Å². The van der Waals surface area contributed by atoms with Crippen molar-refractivity contribution in [2.45, 2.75) is 6.92 Å². The van der Waals surface area contributed by atoms with E-state index in [1.807, 2.05) is 31.2 Å². The second kappa shape index (κ2) is 7.09. The molecule has 1 amide bonds. The molecule has 0 atom stereocenters. The third kappa shape index (κ3) is 3.97. The molecule has 0 radical (unpaired) electrons. The molecule has 4 heteroatoms. The molecule has 2 aromatic carbocycles. The number of hydrogen-bond acceptors (Lipinski definition) is 3. The van der Waals surface area contributed by atoms with Crippen LogP contribution in [0, 0.1) is 18.3 Å². The van der Waals surface area contributed by atoms with E-state index in [0.29, 0.717) is 11.4 Å². The van der Waals surface area contributed by atoms with E-state index in [1.165, 1.54) is 6.08 Å². The smallest absolute Gasteiger partial charge is 0.266 e. The van der Waals surface area contributed by atoms with Crippen LogP contribution in [0.4, 0.5) is 5.69 Å². The maximum Gasteiger partial charge on any atom is 0.266 e. The van der Waals surface area contributed by atoms with Gasteiger partial charge in [-0.15, -0.1) is 0 Å². The van der Waals surface area contributed by atoms with E-state index in [-0.39, 0.29) is 5.57 Å². The summed E-state index contributed by atoms with van der Waals surface area (Å²) in [6.07, 6.45) is 1.54. The number of amides is 1. The standard InChI is InChI=1S/C18H16N2O2/c1-13-5-3-7-16(9-13)20-18(21)15(12-19)10-14-6-4-8-17(11-14)22-2/h3-11H,1-2H3,(H,20,21). The lowest BCUT2D eigenvalue weighted by molar-refractivity contribution is -0.112. The van der Waals surface area contributed by atoms with Gasteiger partial charge in [-0.05, 0) is 48.4 Å². The Balaban J connectivity index is 2.21. The summed E-state index contributed by atoms with van der Waals surface area (Å²) in [4.78, 5) is 12.2. The molecule has 0 saturated heterocycles. The van der Waals surface area contributed by atoms with Gasteiger partial charge in [-0.1, -0.05) is 24.3 Å².